The number of carbonyl (C=O) groups is 1. The van der Waals surface area contributed by atoms with Gasteiger partial charge in [0.05, 0.1) is 5.69 Å². The zero-order chi connectivity index (χ0) is 14.9. The lowest BCUT2D eigenvalue weighted by Gasteiger charge is -2.37. The Bertz CT molecular complexity index is 497. The first-order valence-electron chi connectivity index (χ1n) is 7.28. The maximum Gasteiger partial charge on any atom is 0.268 e. The van der Waals surface area contributed by atoms with Gasteiger partial charge >= 0.3 is 0 Å². The molecule has 1 amide bonds. The van der Waals surface area contributed by atoms with E-state index >= 15 is 0 Å². The zero-order valence-corrected chi connectivity index (χ0v) is 12.7. The Morgan fingerprint density at radius 2 is 2.00 bits per heavy atom. The van der Waals surface area contributed by atoms with Gasteiger partial charge in [-0.1, -0.05) is 33.8 Å². The monoisotopic (exact) mass is 276 g/mol. The van der Waals surface area contributed by atoms with E-state index in [1.54, 1.807) is 4.90 Å². The van der Waals surface area contributed by atoms with Crippen molar-refractivity contribution in [3.63, 3.8) is 0 Å². The van der Waals surface area contributed by atoms with Gasteiger partial charge in [0.2, 0.25) is 0 Å². The third kappa shape index (κ3) is 2.74. The van der Waals surface area contributed by atoms with Crippen LogP contribution in [0.5, 0.6) is 5.75 Å². The van der Waals surface area contributed by atoms with Gasteiger partial charge in [0.15, 0.2) is 6.10 Å². The highest BCUT2D eigenvalue weighted by Crippen LogP contribution is 2.40. The molecule has 2 N–H and O–H groups in total. The third-order valence-electron chi connectivity index (χ3n) is 3.60. The maximum atomic E-state index is 12.6. The average Bonchev–Trinajstić information content (AvgIpc) is 2.37. The fourth-order valence-corrected chi connectivity index (χ4v) is 2.40. The molecule has 1 aliphatic heterocycles. The molecule has 2 rings (SSSR count). The van der Waals surface area contributed by atoms with Crippen molar-refractivity contribution in [2.75, 3.05) is 17.2 Å². The van der Waals surface area contributed by atoms with Gasteiger partial charge in [-0.15, -0.1) is 0 Å². The number of rotatable bonds is 4. The minimum Gasteiger partial charge on any atom is -0.478 e. The largest absolute Gasteiger partial charge is 0.478 e. The molecule has 4 nitrogen and oxygen atoms in total. The molecule has 0 aromatic heterocycles. The number of hydrogen-bond acceptors (Lipinski definition) is 3. The maximum absolute atomic E-state index is 12.6. The predicted octanol–water partition coefficient (Wildman–Crippen LogP) is 3.06. The van der Waals surface area contributed by atoms with E-state index in [4.69, 9.17) is 10.5 Å². The van der Waals surface area contributed by atoms with E-state index < -0.39 is 6.10 Å². The van der Waals surface area contributed by atoms with Crippen molar-refractivity contribution in [3.8, 4) is 5.75 Å². The Morgan fingerprint density at radius 1 is 1.30 bits per heavy atom. The lowest BCUT2D eigenvalue weighted by Crippen LogP contribution is -2.49. The number of fused-ring (bicyclic) bond motifs is 1. The van der Waals surface area contributed by atoms with Crippen LogP contribution in [0, 0.1) is 11.8 Å². The Morgan fingerprint density at radius 3 is 2.60 bits per heavy atom. The first kappa shape index (κ1) is 14.7. The van der Waals surface area contributed by atoms with Gasteiger partial charge < -0.3 is 15.4 Å². The summed E-state index contributed by atoms with van der Waals surface area (Å²) in [6.45, 7) is 8.99. The summed E-state index contributed by atoms with van der Waals surface area (Å²) in [5, 5.41) is 0. The van der Waals surface area contributed by atoms with Crippen LogP contribution in [0.1, 0.15) is 34.1 Å². The van der Waals surface area contributed by atoms with Crippen LogP contribution in [0.25, 0.3) is 0 Å². The molecule has 4 heteroatoms. The Balaban J connectivity index is 2.38. The number of para-hydroxylation sites is 1. The number of hydrogen-bond donors (Lipinski definition) is 1. The molecule has 0 fully saturated rings. The number of nitrogen functional groups attached to an aromatic ring is 1. The molecule has 1 atom stereocenters. The van der Waals surface area contributed by atoms with Gasteiger partial charge in [0.25, 0.3) is 5.91 Å². The van der Waals surface area contributed by atoms with E-state index in [0.717, 1.165) is 12.1 Å². The number of nitrogens with zero attached hydrogens (tertiary/aromatic N) is 1. The van der Waals surface area contributed by atoms with Crippen molar-refractivity contribution in [1.82, 2.24) is 0 Å². The van der Waals surface area contributed by atoms with Crippen LogP contribution in [0.2, 0.25) is 0 Å². The number of ether oxygens (including phenoxy) is 1. The van der Waals surface area contributed by atoms with E-state index in [1.807, 2.05) is 32.0 Å². The summed E-state index contributed by atoms with van der Waals surface area (Å²) in [6, 6.07) is 5.56. The molecule has 1 aliphatic rings. The van der Waals surface area contributed by atoms with Crippen LogP contribution in [0.4, 0.5) is 11.4 Å². The van der Waals surface area contributed by atoms with Crippen LogP contribution in [-0.2, 0) is 4.79 Å². The van der Waals surface area contributed by atoms with E-state index in [1.165, 1.54) is 0 Å². The van der Waals surface area contributed by atoms with Gasteiger partial charge in [-0.25, -0.2) is 0 Å². The molecule has 0 spiro atoms. The second kappa shape index (κ2) is 5.73. The molecule has 110 valence electrons. The smallest absolute Gasteiger partial charge is 0.268 e. The fourth-order valence-electron chi connectivity index (χ4n) is 2.40. The van der Waals surface area contributed by atoms with Crippen LogP contribution >= 0.6 is 0 Å². The number of carbonyl (C=O) groups excluding carboxylic acids is 1. The highest BCUT2D eigenvalue weighted by Gasteiger charge is 2.37. The van der Waals surface area contributed by atoms with Crippen molar-refractivity contribution >= 4 is 17.3 Å². The molecule has 20 heavy (non-hydrogen) atoms. The number of nitrogens with two attached hydrogens (primary N) is 1. The molecule has 1 aromatic carbocycles. The molecular formula is C16H24N2O2. The third-order valence-corrected chi connectivity index (χ3v) is 3.60. The van der Waals surface area contributed by atoms with Crippen molar-refractivity contribution in [2.45, 2.75) is 40.2 Å². The summed E-state index contributed by atoms with van der Waals surface area (Å²) < 4.78 is 5.85. The summed E-state index contributed by atoms with van der Waals surface area (Å²) in [6.07, 6.45) is 0.529. The topological polar surface area (TPSA) is 55.6 Å². The molecule has 1 aromatic rings. The molecule has 0 aliphatic carbocycles. The Kier molecular flexibility index (Phi) is 4.21. The van der Waals surface area contributed by atoms with E-state index in [0.29, 0.717) is 23.9 Å². The molecule has 0 bridgehead atoms. The van der Waals surface area contributed by atoms with Crippen LogP contribution < -0.4 is 15.4 Å². The lowest BCUT2D eigenvalue weighted by molar-refractivity contribution is -0.128. The van der Waals surface area contributed by atoms with Gasteiger partial charge in [-0.3, -0.25) is 4.79 Å². The summed E-state index contributed by atoms with van der Waals surface area (Å²) in [5.74, 6) is 1.41. The first-order chi connectivity index (χ1) is 9.41. The standard InChI is InChI=1S/C16H24N2O2/c1-10(2)8-9-18-14-12(17)6-5-7-13(14)20-15(11(3)4)16(18)19/h5-7,10-11,15H,8-9,17H2,1-4H3. The predicted molar refractivity (Wildman–Crippen MR) is 81.9 cm³/mol. The van der Waals surface area contributed by atoms with E-state index in [-0.39, 0.29) is 11.8 Å². The van der Waals surface area contributed by atoms with Crippen molar-refractivity contribution in [1.29, 1.82) is 0 Å². The van der Waals surface area contributed by atoms with Crippen molar-refractivity contribution < 1.29 is 9.53 Å². The van der Waals surface area contributed by atoms with Gasteiger partial charge in [0.1, 0.15) is 11.4 Å². The molecule has 0 radical (unpaired) electrons. The fraction of sp³-hybridized carbons (Fsp3) is 0.562. The Labute approximate surface area is 120 Å². The highest BCUT2D eigenvalue weighted by molar-refractivity contribution is 6.03. The zero-order valence-electron chi connectivity index (χ0n) is 12.7. The molecular weight excluding hydrogens is 252 g/mol. The minimum atomic E-state index is -0.420. The quantitative estimate of drug-likeness (QED) is 0.860. The molecule has 0 saturated heterocycles. The average molecular weight is 276 g/mol. The number of amides is 1. The molecule has 1 unspecified atom stereocenters. The summed E-state index contributed by atoms with van der Waals surface area (Å²) in [4.78, 5) is 14.4. The second-order valence-electron chi connectivity index (χ2n) is 6.15. The van der Waals surface area contributed by atoms with Gasteiger partial charge in [0, 0.05) is 6.54 Å². The van der Waals surface area contributed by atoms with E-state index in [2.05, 4.69) is 13.8 Å². The minimum absolute atomic E-state index is 0.0195. The number of benzene rings is 1. The summed E-state index contributed by atoms with van der Waals surface area (Å²) >= 11 is 0. The van der Waals surface area contributed by atoms with Crippen molar-refractivity contribution in [3.05, 3.63) is 18.2 Å². The first-order valence-corrected chi connectivity index (χ1v) is 7.28. The van der Waals surface area contributed by atoms with E-state index in [9.17, 15) is 4.79 Å². The molecule has 1 heterocycles. The summed E-state index contributed by atoms with van der Waals surface area (Å²) in [5.41, 5.74) is 7.38. The SMILES string of the molecule is CC(C)CCN1C(=O)C(C(C)C)Oc2cccc(N)c21. The van der Waals surface area contributed by atoms with Crippen LogP contribution in [0.15, 0.2) is 18.2 Å². The van der Waals surface area contributed by atoms with Crippen LogP contribution in [0.3, 0.4) is 0 Å². The highest BCUT2D eigenvalue weighted by atomic mass is 16.5. The lowest BCUT2D eigenvalue weighted by atomic mass is 10.0. The second-order valence-corrected chi connectivity index (χ2v) is 6.15. The number of anilines is 2. The van der Waals surface area contributed by atoms with Gasteiger partial charge in [-0.2, -0.15) is 0 Å². The Hall–Kier alpha value is -1.71. The summed E-state index contributed by atoms with van der Waals surface area (Å²) in [7, 11) is 0. The van der Waals surface area contributed by atoms with Crippen molar-refractivity contribution in [2.24, 2.45) is 11.8 Å². The van der Waals surface area contributed by atoms with Crippen LogP contribution in [-0.4, -0.2) is 18.6 Å². The van der Waals surface area contributed by atoms with Gasteiger partial charge in [-0.05, 0) is 30.4 Å². The molecule has 0 saturated carbocycles. The normalized spacial score (nSPS) is 18.4.